The molecule has 6 heteroatoms. The average Bonchev–Trinajstić information content (AvgIpc) is 3.39. The molecule has 0 aliphatic carbocycles. The van der Waals surface area contributed by atoms with Crippen LogP contribution in [0.5, 0.6) is 0 Å². The maximum absolute atomic E-state index is 12.4. The summed E-state index contributed by atoms with van der Waals surface area (Å²) >= 11 is 0. The van der Waals surface area contributed by atoms with Crippen molar-refractivity contribution in [3.05, 3.63) is 78.3 Å². The number of amides is 2. The van der Waals surface area contributed by atoms with Crippen molar-refractivity contribution in [1.29, 1.82) is 0 Å². The molecule has 2 heterocycles. The van der Waals surface area contributed by atoms with Crippen LogP contribution in [-0.2, 0) is 11.2 Å². The Labute approximate surface area is 163 Å². The Morgan fingerprint density at radius 1 is 1.07 bits per heavy atom. The average molecular weight is 375 g/mol. The monoisotopic (exact) mass is 375 g/mol. The van der Waals surface area contributed by atoms with E-state index >= 15 is 0 Å². The molecule has 2 N–H and O–H groups in total. The van der Waals surface area contributed by atoms with Gasteiger partial charge in [0.25, 0.3) is 5.91 Å². The van der Waals surface area contributed by atoms with E-state index in [-0.39, 0.29) is 11.8 Å². The van der Waals surface area contributed by atoms with E-state index in [4.69, 9.17) is 4.42 Å². The fourth-order valence-corrected chi connectivity index (χ4v) is 3.32. The Kier molecular flexibility index (Phi) is 4.85. The van der Waals surface area contributed by atoms with Crippen molar-refractivity contribution in [2.24, 2.45) is 0 Å². The number of hydrogen-bond donors (Lipinski definition) is 2. The van der Waals surface area contributed by atoms with Crippen molar-refractivity contribution < 1.29 is 14.0 Å². The molecule has 2 amide bonds. The van der Waals surface area contributed by atoms with Gasteiger partial charge in [-0.2, -0.15) is 0 Å². The van der Waals surface area contributed by atoms with Crippen LogP contribution in [0.1, 0.15) is 22.8 Å². The molecule has 2 aromatic carbocycles. The summed E-state index contributed by atoms with van der Waals surface area (Å²) in [7, 11) is 0. The summed E-state index contributed by atoms with van der Waals surface area (Å²) in [5.41, 5.74) is 4.74. The van der Waals surface area contributed by atoms with Gasteiger partial charge in [-0.05, 0) is 55.3 Å². The molecule has 0 spiro atoms. The SMILES string of the molecule is CC(NC(=O)c1ccoc1)C(=O)Nc1ccc(N2CCc3ccccc32)cc1. The molecule has 0 saturated heterocycles. The highest BCUT2D eigenvalue weighted by Crippen LogP contribution is 2.34. The molecule has 1 aliphatic rings. The smallest absolute Gasteiger partial charge is 0.255 e. The van der Waals surface area contributed by atoms with E-state index in [0.29, 0.717) is 11.3 Å². The van der Waals surface area contributed by atoms with Crippen molar-refractivity contribution >= 4 is 28.9 Å². The van der Waals surface area contributed by atoms with E-state index in [1.165, 1.54) is 23.8 Å². The number of carbonyl (C=O) groups is 2. The predicted molar refractivity (Wildman–Crippen MR) is 108 cm³/mol. The molecule has 1 aromatic heterocycles. The predicted octanol–water partition coefficient (Wildman–Crippen LogP) is 3.73. The minimum absolute atomic E-state index is 0.281. The second-order valence-corrected chi connectivity index (χ2v) is 6.77. The normalized spacial score (nSPS) is 13.7. The first-order valence-electron chi connectivity index (χ1n) is 9.21. The lowest BCUT2D eigenvalue weighted by molar-refractivity contribution is -0.117. The molecule has 6 nitrogen and oxygen atoms in total. The summed E-state index contributed by atoms with van der Waals surface area (Å²) < 4.78 is 4.88. The number of anilines is 3. The highest BCUT2D eigenvalue weighted by atomic mass is 16.3. The molecule has 1 atom stereocenters. The Morgan fingerprint density at radius 3 is 2.61 bits per heavy atom. The van der Waals surface area contributed by atoms with Crippen LogP contribution in [0.25, 0.3) is 0 Å². The summed E-state index contributed by atoms with van der Waals surface area (Å²) in [5.74, 6) is -0.629. The van der Waals surface area contributed by atoms with E-state index in [0.717, 1.165) is 18.7 Å². The topological polar surface area (TPSA) is 74.6 Å². The van der Waals surface area contributed by atoms with Crippen LogP contribution in [-0.4, -0.2) is 24.4 Å². The van der Waals surface area contributed by atoms with Crippen molar-refractivity contribution in [2.45, 2.75) is 19.4 Å². The molecule has 4 rings (SSSR count). The standard InChI is InChI=1S/C22H21N3O3/c1-15(23-22(27)17-11-13-28-14-17)21(26)24-18-6-8-19(9-7-18)25-12-10-16-4-2-3-5-20(16)25/h2-9,11,13-15H,10,12H2,1H3,(H,23,27)(H,24,26). The third kappa shape index (κ3) is 3.62. The zero-order valence-corrected chi connectivity index (χ0v) is 15.5. The van der Waals surface area contributed by atoms with Gasteiger partial charge in [0.05, 0.1) is 11.8 Å². The largest absolute Gasteiger partial charge is 0.472 e. The van der Waals surface area contributed by atoms with Crippen LogP contribution >= 0.6 is 0 Å². The number of nitrogens with zero attached hydrogens (tertiary/aromatic N) is 1. The van der Waals surface area contributed by atoms with Crippen molar-refractivity contribution in [3.8, 4) is 0 Å². The molecule has 0 bridgehead atoms. The van der Waals surface area contributed by atoms with E-state index in [9.17, 15) is 9.59 Å². The summed E-state index contributed by atoms with van der Waals surface area (Å²) in [6.45, 7) is 2.59. The zero-order chi connectivity index (χ0) is 19.5. The van der Waals surface area contributed by atoms with Crippen molar-refractivity contribution in [2.75, 3.05) is 16.8 Å². The molecule has 1 unspecified atom stereocenters. The second kappa shape index (κ2) is 7.60. The summed E-state index contributed by atoms with van der Waals surface area (Å²) in [4.78, 5) is 26.6. The van der Waals surface area contributed by atoms with Crippen molar-refractivity contribution in [3.63, 3.8) is 0 Å². The van der Waals surface area contributed by atoms with Gasteiger partial charge < -0.3 is 20.0 Å². The molecule has 0 radical (unpaired) electrons. The van der Waals surface area contributed by atoms with Crippen molar-refractivity contribution in [1.82, 2.24) is 5.32 Å². The molecular formula is C22H21N3O3. The first kappa shape index (κ1) is 17.9. The second-order valence-electron chi connectivity index (χ2n) is 6.77. The third-order valence-electron chi connectivity index (χ3n) is 4.86. The van der Waals surface area contributed by atoms with Gasteiger partial charge in [0, 0.05) is 23.6 Å². The maximum Gasteiger partial charge on any atom is 0.255 e. The summed E-state index contributed by atoms with van der Waals surface area (Å²) in [6, 6.07) is 17.0. The van der Waals surface area contributed by atoms with Crippen LogP contribution in [0.3, 0.4) is 0 Å². The quantitative estimate of drug-likeness (QED) is 0.713. The Hall–Kier alpha value is -3.54. The number of fused-ring (bicyclic) bond motifs is 1. The molecule has 28 heavy (non-hydrogen) atoms. The first-order chi connectivity index (χ1) is 13.6. The molecule has 142 valence electrons. The van der Waals surface area contributed by atoms with Gasteiger partial charge in [-0.15, -0.1) is 0 Å². The van der Waals surface area contributed by atoms with Gasteiger partial charge in [-0.1, -0.05) is 18.2 Å². The van der Waals surface area contributed by atoms with Crippen LogP contribution < -0.4 is 15.5 Å². The first-order valence-corrected chi connectivity index (χ1v) is 9.21. The maximum atomic E-state index is 12.4. The Morgan fingerprint density at radius 2 is 1.86 bits per heavy atom. The third-order valence-corrected chi connectivity index (χ3v) is 4.86. The highest BCUT2D eigenvalue weighted by molar-refractivity contribution is 6.00. The van der Waals surface area contributed by atoms with Gasteiger partial charge in [-0.25, -0.2) is 0 Å². The van der Waals surface area contributed by atoms with Gasteiger partial charge in [0.2, 0.25) is 5.91 Å². The van der Waals surface area contributed by atoms with E-state index < -0.39 is 6.04 Å². The lowest BCUT2D eigenvalue weighted by Gasteiger charge is -2.20. The number of rotatable bonds is 5. The number of furan rings is 1. The number of para-hydroxylation sites is 1. The van der Waals surface area contributed by atoms with E-state index in [2.05, 4.69) is 33.7 Å². The Balaban J connectivity index is 1.38. The van der Waals surface area contributed by atoms with Crippen LogP contribution in [0.2, 0.25) is 0 Å². The number of carbonyl (C=O) groups excluding carboxylic acids is 2. The summed E-state index contributed by atoms with van der Waals surface area (Å²) in [5, 5.41) is 5.48. The molecule has 3 aromatic rings. The van der Waals surface area contributed by atoms with E-state index in [1.807, 2.05) is 30.3 Å². The van der Waals surface area contributed by atoms with Gasteiger partial charge in [0.1, 0.15) is 12.3 Å². The van der Waals surface area contributed by atoms with Crippen LogP contribution in [0, 0.1) is 0 Å². The van der Waals surface area contributed by atoms with Gasteiger partial charge >= 0.3 is 0 Å². The number of benzene rings is 2. The minimum atomic E-state index is -0.674. The lowest BCUT2D eigenvalue weighted by atomic mass is 10.2. The van der Waals surface area contributed by atoms with Gasteiger partial charge in [0.15, 0.2) is 0 Å². The fourth-order valence-electron chi connectivity index (χ4n) is 3.32. The lowest BCUT2D eigenvalue weighted by Crippen LogP contribution is -2.41. The fraction of sp³-hybridized carbons (Fsp3) is 0.182. The number of hydrogen-bond acceptors (Lipinski definition) is 4. The van der Waals surface area contributed by atoms with E-state index in [1.54, 1.807) is 13.0 Å². The van der Waals surface area contributed by atoms with Gasteiger partial charge in [-0.3, -0.25) is 9.59 Å². The number of nitrogens with one attached hydrogen (secondary N) is 2. The molecular weight excluding hydrogens is 354 g/mol. The van der Waals surface area contributed by atoms with Crippen LogP contribution in [0.4, 0.5) is 17.1 Å². The van der Waals surface area contributed by atoms with Crippen LogP contribution in [0.15, 0.2) is 71.5 Å². The molecule has 1 aliphatic heterocycles. The Bertz CT molecular complexity index is 981. The highest BCUT2D eigenvalue weighted by Gasteiger charge is 2.20. The molecule has 0 fully saturated rings. The molecule has 0 saturated carbocycles. The minimum Gasteiger partial charge on any atom is -0.472 e. The summed E-state index contributed by atoms with van der Waals surface area (Å²) in [6.07, 6.45) is 3.79. The zero-order valence-electron chi connectivity index (χ0n) is 15.5.